The third-order valence-electron chi connectivity index (χ3n) is 14.6. The van der Waals surface area contributed by atoms with Gasteiger partial charge in [-0.3, -0.25) is 0 Å². The third kappa shape index (κ3) is 16.2. The van der Waals surface area contributed by atoms with Gasteiger partial charge in [0.05, 0.1) is 33.4 Å². The average Bonchev–Trinajstić information content (AvgIpc) is 1.73. The van der Waals surface area contributed by atoms with Crippen molar-refractivity contribution in [2.24, 2.45) is 0 Å². The fraction of sp³-hybridized carbons (Fsp3) is 0. The van der Waals surface area contributed by atoms with Crippen LogP contribution in [0.25, 0.3) is 135 Å². The number of para-hydroxylation sites is 18. The first-order valence-corrected chi connectivity index (χ1v) is 29.9. The standard InChI is InChI=1S/6C13H9NO2.2Yb/c6*15-11-7-3-1-5-9(11)13-14-10-6-2-4-8-12(10)16-13;;/h6*1-8,15H;;. The zero-order valence-electron chi connectivity index (χ0n) is 51.1. The summed E-state index contributed by atoms with van der Waals surface area (Å²) in [5, 5.41) is 58.1. The van der Waals surface area contributed by atoms with Crippen LogP contribution in [0.5, 0.6) is 34.5 Å². The second-order valence-electron chi connectivity index (χ2n) is 21.0. The SMILES string of the molecule is Oc1ccccc1-c1nc2ccccc2o1.Oc1ccccc1-c1nc2ccccc2o1.Oc1ccccc1-c1nc2ccccc2o1.Oc1ccccc1-c1nc2ccccc2o1.Oc1ccccc1-c1nc2ccccc2o1.Oc1ccccc1-c1nc2ccccc2o1.[Yb].[Yb]. The Labute approximate surface area is 635 Å². The summed E-state index contributed by atoms with van der Waals surface area (Å²) in [4.78, 5) is 25.9. The number of rotatable bonds is 6. The van der Waals surface area contributed by atoms with Gasteiger partial charge in [-0.05, 0) is 146 Å². The molecule has 0 radical (unpaired) electrons. The van der Waals surface area contributed by atoms with E-state index in [9.17, 15) is 30.6 Å². The molecule has 0 saturated heterocycles. The maximum atomic E-state index is 9.69. The molecule has 0 spiro atoms. The van der Waals surface area contributed by atoms with Gasteiger partial charge in [0.15, 0.2) is 33.5 Å². The summed E-state index contributed by atoms with van der Waals surface area (Å²) in [6.07, 6.45) is 0. The zero-order valence-corrected chi connectivity index (χ0v) is 54.5. The maximum Gasteiger partial charge on any atom is 0.231 e. The van der Waals surface area contributed by atoms with E-state index in [1.54, 1.807) is 109 Å². The number of nitrogens with zero attached hydrogens (tertiary/aromatic N) is 6. The average molecular weight is 1610 g/mol. The molecule has 496 valence electrons. The van der Waals surface area contributed by atoms with E-state index in [0.717, 1.165) is 66.6 Å². The summed E-state index contributed by atoms with van der Waals surface area (Å²) in [5.74, 6) is 3.71. The Morgan fingerprint density at radius 2 is 0.286 bits per heavy atom. The summed E-state index contributed by atoms with van der Waals surface area (Å²) in [7, 11) is 0. The van der Waals surface area contributed by atoms with Crippen molar-refractivity contribution in [3.05, 3.63) is 291 Å². The Morgan fingerprint density at radius 3 is 0.418 bits per heavy atom. The molecule has 0 fully saturated rings. The van der Waals surface area contributed by atoms with Crippen LogP contribution < -0.4 is 0 Å². The van der Waals surface area contributed by atoms with Crippen molar-refractivity contribution in [3.8, 4) is 103 Å². The number of oxazole rings is 6. The number of phenolic OH excluding ortho intramolecular Hbond substituents is 6. The summed E-state index contributed by atoms with van der Waals surface area (Å²) >= 11 is 0. The van der Waals surface area contributed by atoms with Gasteiger partial charge in [0.2, 0.25) is 35.3 Å². The van der Waals surface area contributed by atoms with Gasteiger partial charge >= 0.3 is 0 Å². The molecule has 6 N–H and O–H groups in total. The van der Waals surface area contributed by atoms with Crippen molar-refractivity contribution >= 4 is 66.6 Å². The summed E-state index contributed by atoms with van der Waals surface area (Å²) in [5.41, 5.74) is 12.8. The maximum absolute atomic E-state index is 9.69. The monoisotopic (exact) mass is 1610 g/mol. The molecule has 0 aliphatic heterocycles. The van der Waals surface area contributed by atoms with Crippen LogP contribution in [-0.2, 0) is 0 Å². The van der Waals surface area contributed by atoms with E-state index in [0.29, 0.717) is 68.7 Å². The summed E-state index contributed by atoms with van der Waals surface area (Å²) < 4.78 is 33.4. The molecule has 0 unspecified atom stereocenters. The molecule has 0 aliphatic carbocycles. The molecular weight excluding hydrogens is 1560 g/mol. The number of benzene rings is 12. The van der Waals surface area contributed by atoms with Crippen LogP contribution >= 0.6 is 0 Å². The van der Waals surface area contributed by atoms with Crippen molar-refractivity contribution in [1.82, 2.24) is 29.9 Å². The van der Waals surface area contributed by atoms with Crippen molar-refractivity contribution in [2.75, 3.05) is 0 Å². The Hall–Kier alpha value is -10.7. The van der Waals surface area contributed by atoms with Gasteiger partial charge in [-0.25, -0.2) is 29.9 Å². The molecule has 0 aliphatic rings. The molecule has 12 aromatic carbocycles. The van der Waals surface area contributed by atoms with Crippen LogP contribution in [0.2, 0.25) is 0 Å². The fourth-order valence-corrected chi connectivity index (χ4v) is 9.85. The molecule has 0 amide bonds. The minimum atomic E-state index is 0. The Balaban J connectivity index is 0.000000119. The minimum absolute atomic E-state index is 0. The van der Waals surface area contributed by atoms with Gasteiger partial charge in [0.25, 0.3) is 0 Å². The van der Waals surface area contributed by atoms with Gasteiger partial charge < -0.3 is 57.1 Å². The van der Waals surface area contributed by atoms with Crippen LogP contribution in [0.15, 0.2) is 318 Å². The van der Waals surface area contributed by atoms with Crippen molar-refractivity contribution in [3.63, 3.8) is 0 Å². The van der Waals surface area contributed by atoms with E-state index >= 15 is 0 Å². The third-order valence-corrected chi connectivity index (χ3v) is 14.6. The molecule has 18 aromatic rings. The van der Waals surface area contributed by atoms with Crippen LogP contribution in [0.3, 0.4) is 0 Å². The first-order valence-electron chi connectivity index (χ1n) is 29.9. The largest absolute Gasteiger partial charge is 0.507 e. The van der Waals surface area contributed by atoms with Gasteiger partial charge in [-0.15, -0.1) is 0 Å². The van der Waals surface area contributed by atoms with E-state index in [1.165, 1.54) is 0 Å². The van der Waals surface area contributed by atoms with Crippen LogP contribution in [0, 0.1) is 93.8 Å². The molecule has 0 saturated carbocycles. The number of hydrogen-bond acceptors (Lipinski definition) is 18. The molecule has 6 heterocycles. The predicted octanol–water partition coefficient (Wildman–Crippen LogP) is 19.2. The smallest absolute Gasteiger partial charge is 0.231 e. The normalized spacial score (nSPS) is 10.5. The molecule has 0 atom stereocenters. The van der Waals surface area contributed by atoms with Crippen molar-refractivity contribution < 1.29 is 151 Å². The Kier molecular flexibility index (Phi) is 22.7. The minimum Gasteiger partial charge on any atom is -0.507 e. The molecule has 6 aromatic heterocycles. The predicted molar refractivity (Wildman–Crippen MR) is 367 cm³/mol. The van der Waals surface area contributed by atoms with E-state index in [-0.39, 0.29) is 128 Å². The molecular formula is C78H54N6O12Yb2. The van der Waals surface area contributed by atoms with E-state index in [1.807, 2.05) is 182 Å². The van der Waals surface area contributed by atoms with Crippen LogP contribution in [0.4, 0.5) is 0 Å². The van der Waals surface area contributed by atoms with E-state index < -0.39 is 0 Å². The summed E-state index contributed by atoms with van der Waals surface area (Å²) in [6.45, 7) is 0. The molecule has 18 rings (SSSR count). The second-order valence-corrected chi connectivity index (χ2v) is 21.0. The molecule has 98 heavy (non-hydrogen) atoms. The van der Waals surface area contributed by atoms with Gasteiger partial charge in [0, 0.05) is 93.8 Å². The molecule has 0 bridgehead atoms. The topological polar surface area (TPSA) is 278 Å². The number of aromatic hydroxyl groups is 6. The molecule has 20 heteroatoms. The Morgan fingerprint density at radius 1 is 0.163 bits per heavy atom. The number of phenols is 6. The zero-order chi connectivity index (χ0) is 65.7. The number of hydrogen-bond donors (Lipinski definition) is 6. The first-order chi connectivity index (χ1) is 47.1. The van der Waals surface area contributed by atoms with Crippen LogP contribution in [0.1, 0.15) is 0 Å². The fourth-order valence-electron chi connectivity index (χ4n) is 9.85. The Bertz CT molecular complexity index is 4570. The van der Waals surface area contributed by atoms with E-state index in [4.69, 9.17) is 26.5 Å². The van der Waals surface area contributed by atoms with Gasteiger partial charge in [0.1, 0.15) is 67.6 Å². The quantitative estimate of drug-likeness (QED) is 0.0902. The second kappa shape index (κ2) is 32.4. The number of fused-ring (bicyclic) bond motifs is 6. The van der Waals surface area contributed by atoms with Gasteiger partial charge in [-0.2, -0.15) is 0 Å². The van der Waals surface area contributed by atoms with E-state index in [2.05, 4.69) is 29.9 Å². The van der Waals surface area contributed by atoms with Crippen LogP contribution in [-0.4, -0.2) is 60.5 Å². The van der Waals surface area contributed by atoms with Gasteiger partial charge in [-0.1, -0.05) is 146 Å². The van der Waals surface area contributed by atoms with Crippen molar-refractivity contribution in [1.29, 1.82) is 0 Å². The number of aromatic nitrogens is 6. The first kappa shape index (κ1) is 68.7. The molecule has 18 nitrogen and oxygen atoms in total. The van der Waals surface area contributed by atoms with Crippen molar-refractivity contribution in [2.45, 2.75) is 0 Å². The summed E-state index contributed by atoms with van der Waals surface area (Å²) in [6, 6.07) is 87.1.